The van der Waals surface area contributed by atoms with Crippen LogP contribution in [0.3, 0.4) is 0 Å². The van der Waals surface area contributed by atoms with Crippen LogP contribution in [0.25, 0.3) is 0 Å². The lowest BCUT2D eigenvalue weighted by Gasteiger charge is -2.40. The first-order valence-corrected chi connectivity index (χ1v) is 6.97. The van der Waals surface area contributed by atoms with Crippen molar-refractivity contribution >= 4 is 0 Å². The maximum atomic E-state index is 2.75. The molecule has 0 amide bonds. The Balaban J connectivity index is 1.84. The van der Waals surface area contributed by atoms with E-state index in [1.165, 1.54) is 12.8 Å². The van der Waals surface area contributed by atoms with Crippen LogP contribution in [-0.4, -0.2) is 24.0 Å². The number of hydrogen-bond acceptors (Lipinski definition) is 1. The van der Waals surface area contributed by atoms with E-state index in [9.17, 15) is 0 Å². The Morgan fingerprint density at radius 2 is 2.07 bits per heavy atom. The van der Waals surface area contributed by atoms with Crippen molar-refractivity contribution in [3.8, 4) is 0 Å². The van der Waals surface area contributed by atoms with Gasteiger partial charge in [-0.05, 0) is 69.2 Å². The van der Waals surface area contributed by atoms with Gasteiger partial charge in [0.1, 0.15) is 0 Å². The van der Waals surface area contributed by atoms with Crippen molar-refractivity contribution in [1.82, 2.24) is 4.90 Å². The van der Waals surface area contributed by atoms with Gasteiger partial charge in [-0.3, -0.25) is 4.90 Å². The number of likely N-dealkylation sites (tertiary alicyclic amines) is 1. The van der Waals surface area contributed by atoms with Crippen molar-refractivity contribution in [1.29, 1.82) is 0 Å². The van der Waals surface area contributed by atoms with E-state index in [-0.39, 0.29) is 0 Å². The summed E-state index contributed by atoms with van der Waals surface area (Å²) in [5.74, 6) is 3.30. The van der Waals surface area contributed by atoms with Crippen LogP contribution in [0.15, 0.2) is 0 Å². The molecule has 1 nitrogen and oxygen atoms in total. The van der Waals surface area contributed by atoms with E-state index in [1.54, 1.807) is 25.7 Å². The van der Waals surface area contributed by atoms with Crippen molar-refractivity contribution < 1.29 is 0 Å². The summed E-state index contributed by atoms with van der Waals surface area (Å²) in [4.78, 5) is 2.75. The molecule has 1 heteroatoms. The van der Waals surface area contributed by atoms with Gasteiger partial charge in [0.15, 0.2) is 0 Å². The minimum atomic E-state index is 0.803. The fourth-order valence-electron chi connectivity index (χ4n) is 6.41. The molecule has 0 aromatic carbocycles. The lowest BCUT2D eigenvalue weighted by molar-refractivity contribution is 0.100. The van der Waals surface area contributed by atoms with Gasteiger partial charge < -0.3 is 0 Å². The van der Waals surface area contributed by atoms with Gasteiger partial charge in [0, 0.05) is 12.1 Å². The molecule has 2 bridgehead atoms. The molecule has 3 saturated carbocycles. The van der Waals surface area contributed by atoms with E-state index in [4.69, 9.17) is 0 Å². The Kier molecular flexibility index (Phi) is 1.57. The molecule has 6 atom stereocenters. The highest BCUT2D eigenvalue weighted by Gasteiger charge is 2.68. The fourth-order valence-corrected chi connectivity index (χ4v) is 6.41. The Hall–Kier alpha value is -0.0400. The molecule has 0 aromatic heterocycles. The van der Waals surface area contributed by atoms with E-state index in [2.05, 4.69) is 18.9 Å². The molecule has 1 heterocycles. The second-order valence-electron chi connectivity index (χ2n) is 6.72. The van der Waals surface area contributed by atoms with Crippen molar-refractivity contribution in [2.75, 3.05) is 7.05 Å². The smallest absolute Gasteiger partial charge is 0.0158 e. The zero-order valence-corrected chi connectivity index (χ0v) is 10.1. The molecule has 3 aliphatic carbocycles. The van der Waals surface area contributed by atoms with E-state index in [0.717, 1.165) is 35.3 Å². The first kappa shape index (κ1) is 9.04. The first-order chi connectivity index (χ1) is 7.25. The summed E-state index contributed by atoms with van der Waals surface area (Å²) in [7, 11) is 2.40. The van der Waals surface area contributed by atoms with E-state index in [0.29, 0.717) is 0 Å². The Morgan fingerprint density at radius 3 is 2.93 bits per heavy atom. The first-order valence-electron chi connectivity index (χ1n) is 6.97. The van der Waals surface area contributed by atoms with Gasteiger partial charge in [-0.25, -0.2) is 0 Å². The summed E-state index contributed by atoms with van der Waals surface area (Å²) in [6, 6.07) is 1.85. The van der Waals surface area contributed by atoms with Crippen LogP contribution in [-0.2, 0) is 0 Å². The van der Waals surface area contributed by atoms with Crippen LogP contribution in [0.2, 0.25) is 0 Å². The molecule has 0 radical (unpaired) electrons. The Bertz CT molecular complexity index is 300. The summed E-state index contributed by atoms with van der Waals surface area (Å²) in [5.41, 5.74) is 0.803. The van der Waals surface area contributed by atoms with Crippen molar-refractivity contribution in [3.63, 3.8) is 0 Å². The molecule has 15 heavy (non-hydrogen) atoms. The van der Waals surface area contributed by atoms with Gasteiger partial charge in [0.25, 0.3) is 0 Å². The molecule has 0 N–H and O–H groups in total. The third-order valence-corrected chi connectivity index (χ3v) is 6.72. The molecule has 84 valence electrons. The van der Waals surface area contributed by atoms with Crippen LogP contribution in [0.4, 0.5) is 0 Å². The van der Waals surface area contributed by atoms with Gasteiger partial charge >= 0.3 is 0 Å². The van der Waals surface area contributed by atoms with Crippen molar-refractivity contribution in [2.24, 2.45) is 23.2 Å². The van der Waals surface area contributed by atoms with Crippen LogP contribution >= 0.6 is 0 Å². The number of rotatable bonds is 0. The maximum absolute atomic E-state index is 2.75. The number of nitrogens with zero attached hydrogens (tertiary/aromatic N) is 1. The topological polar surface area (TPSA) is 3.24 Å². The molecule has 1 spiro atoms. The Morgan fingerprint density at radius 1 is 1.20 bits per heavy atom. The molecule has 4 aliphatic rings. The van der Waals surface area contributed by atoms with E-state index in [1.807, 2.05) is 0 Å². The number of hydrogen-bond donors (Lipinski definition) is 0. The third kappa shape index (κ3) is 0.800. The van der Waals surface area contributed by atoms with Crippen molar-refractivity contribution in [2.45, 2.75) is 57.5 Å². The summed E-state index contributed by atoms with van der Waals surface area (Å²) in [5, 5.41) is 0. The van der Waals surface area contributed by atoms with Gasteiger partial charge in [-0.15, -0.1) is 0 Å². The zero-order chi connectivity index (χ0) is 10.2. The monoisotopic (exact) mass is 205 g/mol. The largest absolute Gasteiger partial charge is 0.300 e. The lowest BCUT2D eigenvalue weighted by atomic mass is 9.64. The minimum absolute atomic E-state index is 0.803. The van der Waals surface area contributed by atoms with Gasteiger partial charge in [-0.1, -0.05) is 6.42 Å². The Labute approximate surface area is 93.2 Å². The SMILES string of the molecule is CC1C2C3CCC(C3)C23CCCC3N1C. The standard InChI is InChI=1S/C14H23N/c1-9-13-10-5-6-11(8-10)14(13)7-3-4-12(14)15(9)2/h9-13H,3-8H2,1-2H3. The molecule has 6 unspecified atom stereocenters. The minimum Gasteiger partial charge on any atom is -0.300 e. The quantitative estimate of drug-likeness (QED) is 0.588. The molecule has 0 aromatic rings. The highest BCUT2D eigenvalue weighted by Crippen LogP contribution is 2.71. The normalized spacial score (nSPS) is 62.4. The van der Waals surface area contributed by atoms with Crippen LogP contribution in [0.1, 0.15) is 45.4 Å². The van der Waals surface area contributed by atoms with E-state index >= 15 is 0 Å². The van der Waals surface area contributed by atoms with Gasteiger partial charge in [-0.2, -0.15) is 0 Å². The average molecular weight is 205 g/mol. The van der Waals surface area contributed by atoms with Crippen molar-refractivity contribution in [3.05, 3.63) is 0 Å². The molecular weight excluding hydrogens is 182 g/mol. The predicted octanol–water partition coefficient (Wildman–Crippen LogP) is 2.91. The summed E-state index contributed by atoms with van der Waals surface area (Å²) >= 11 is 0. The van der Waals surface area contributed by atoms with Gasteiger partial charge in [0.2, 0.25) is 0 Å². The van der Waals surface area contributed by atoms with Crippen LogP contribution in [0.5, 0.6) is 0 Å². The second-order valence-corrected chi connectivity index (χ2v) is 6.72. The molecular formula is C14H23N. The molecule has 4 rings (SSSR count). The maximum Gasteiger partial charge on any atom is 0.0158 e. The predicted molar refractivity (Wildman–Crippen MR) is 61.6 cm³/mol. The van der Waals surface area contributed by atoms with Crippen LogP contribution in [0, 0.1) is 23.2 Å². The van der Waals surface area contributed by atoms with E-state index < -0.39 is 0 Å². The highest BCUT2D eigenvalue weighted by molar-refractivity contribution is 5.19. The molecule has 1 saturated heterocycles. The second kappa shape index (κ2) is 2.61. The van der Waals surface area contributed by atoms with Gasteiger partial charge in [0.05, 0.1) is 0 Å². The third-order valence-electron chi connectivity index (χ3n) is 6.72. The number of fused-ring (bicyclic) bond motifs is 3. The summed E-state index contributed by atoms with van der Waals surface area (Å²) in [6.45, 7) is 2.51. The van der Waals surface area contributed by atoms with Crippen LogP contribution < -0.4 is 0 Å². The lowest BCUT2D eigenvalue weighted by Crippen LogP contribution is -2.39. The zero-order valence-electron chi connectivity index (χ0n) is 10.1. The fraction of sp³-hybridized carbons (Fsp3) is 1.00. The molecule has 1 aliphatic heterocycles. The summed E-state index contributed by atoms with van der Waals surface area (Å²) < 4.78 is 0. The molecule has 4 fully saturated rings. The highest BCUT2D eigenvalue weighted by atomic mass is 15.2. The summed E-state index contributed by atoms with van der Waals surface area (Å²) in [6.07, 6.45) is 9.31. The average Bonchev–Trinajstić information content (AvgIpc) is 2.91.